The molecule has 0 N–H and O–H groups in total. The van der Waals surface area contributed by atoms with E-state index in [9.17, 15) is 14.0 Å². The minimum absolute atomic E-state index is 0.116. The van der Waals surface area contributed by atoms with Crippen molar-refractivity contribution >= 4 is 23.6 Å². The van der Waals surface area contributed by atoms with Crippen molar-refractivity contribution in [3.8, 4) is 0 Å². The maximum absolute atomic E-state index is 12.9. The molecule has 0 aromatic heterocycles. The normalized spacial score (nSPS) is 18.6. The molecule has 1 aromatic rings. The summed E-state index contributed by atoms with van der Waals surface area (Å²) in [5.41, 5.74) is 0. The topological polar surface area (TPSA) is 53.1 Å². The van der Waals surface area contributed by atoms with Crippen molar-refractivity contribution < 1.29 is 18.7 Å². The molecule has 2 heterocycles. The Morgan fingerprint density at radius 3 is 2.15 bits per heavy atom. The van der Waals surface area contributed by atoms with Crippen LogP contribution < -0.4 is 0 Å². The van der Waals surface area contributed by atoms with Crippen molar-refractivity contribution in [3.63, 3.8) is 0 Å². The van der Waals surface area contributed by atoms with Gasteiger partial charge >= 0.3 is 0 Å². The lowest BCUT2D eigenvalue weighted by atomic mass is 10.2. The fraction of sp³-hybridized carbons (Fsp3) is 0.579. The van der Waals surface area contributed by atoms with Crippen molar-refractivity contribution in [1.29, 1.82) is 0 Å². The average Bonchev–Trinajstić information content (AvgIpc) is 2.70. The molecule has 0 atom stereocenters. The molecule has 6 nitrogen and oxygen atoms in total. The Balaban J connectivity index is 1.34. The van der Waals surface area contributed by atoms with Crippen LogP contribution in [0.5, 0.6) is 0 Å². The summed E-state index contributed by atoms with van der Waals surface area (Å²) in [6.45, 7) is 5.79. The summed E-state index contributed by atoms with van der Waals surface area (Å²) in [6, 6.07) is 6.31. The maximum Gasteiger partial charge on any atom is 0.236 e. The van der Waals surface area contributed by atoms with Crippen molar-refractivity contribution in [2.24, 2.45) is 0 Å². The van der Waals surface area contributed by atoms with E-state index in [-0.39, 0.29) is 17.6 Å². The van der Waals surface area contributed by atoms with Crippen molar-refractivity contribution in [2.45, 2.75) is 11.3 Å². The molecule has 3 rings (SSSR count). The number of thioether (sulfide) groups is 1. The lowest BCUT2D eigenvalue weighted by molar-refractivity contribution is -0.140. The molecule has 0 radical (unpaired) electrons. The third-order valence-electron chi connectivity index (χ3n) is 4.85. The first-order valence-corrected chi connectivity index (χ1v) is 10.3. The molecule has 2 aliphatic heterocycles. The Morgan fingerprint density at radius 2 is 1.52 bits per heavy atom. The first-order valence-electron chi connectivity index (χ1n) is 9.36. The van der Waals surface area contributed by atoms with E-state index in [2.05, 4.69) is 4.90 Å². The number of morpholine rings is 1. The second-order valence-electron chi connectivity index (χ2n) is 6.70. The highest BCUT2D eigenvalue weighted by Crippen LogP contribution is 2.19. The number of piperazine rings is 1. The van der Waals surface area contributed by atoms with Gasteiger partial charge in [-0.1, -0.05) is 0 Å². The van der Waals surface area contributed by atoms with E-state index >= 15 is 0 Å². The lowest BCUT2D eigenvalue weighted by Crippen LogP contribution is -2.53. The van der Waals surface area contributed by atoms with Crippen LogP contribution in [-0.2, 0) is 14.3 Å². The highest BCUT2D eigenvalue weighted by atomic mass is 32.2. The number of halogens is 1. The zero-order valence-electron chi connectivity index (χ0n) is 15.4. The number of carbonyl (C=O) groups excluding carboxylic acids is 2. The highest BCUT2D eigenvalue weighted by Gasteiger charge is 2.25. The molecule has 148 valence electrons. The third-order valence-corrected chi connectivity index (χ3v) is 5.86. The van der Waals surface area contributed by atoms with Gasteiger partial charge in [-0.2, -0.15) is 0 Å². The monoisotopic (exact) mass is 395 g/mol. The van der Waals surface area contributed by atoms with E-state index in [1.165, 1.54) is 12.1 Å². The predicted octanol–water partition coefficient (Wildman–Crippen LogP) is 1.31. The summed E-state index contributed by atoms with van der Waals surface area (Å²) in [6.07, 6.45) is 0.448. The first kappa shape index (κ1) is 20.1. The van der Waals surface area contributed by atoms with Gasteiger partial charge in [0.15, 0.2) is 0 Å². The van der Waals surface area contributed by atoms with E-state index < -0.39 is 0 Å². The molecule has 27 heavy (non-hydrogen) atoms. The Morgan fingerprint density at radius 1 is 0.926 bits per heavy atom. The van der Waals surface area contributed by atoms with E-state index in [4.69, 9.17) is 4.74 Å². The molecule has 1 aromatic carbocycles. The maximum atomic E-state index is 12.9. The lowest BCUT2D eigenvalue weighted by Gasteiger charge is -2.36. The van der Waals surface area contributed by atoms with Gasteiger partial charge in [0, 0.05) is 56.3 Å². The van der Waals surface area contributed by atoms with Gasteiger partial charge in [-0.3, -0.25) is 14.5 Å². The van der Waals surface area contributed by atoms with Gasteiger partial charge in [-0.15, -0.1) is 11.8 Å². The van der Waals surface area contributed by atoms with Gasteiger partial charge in [0.25, 0.3) is 0 Å². The number of carbonyl (C=O) groups is 2. The van der Waals surface area contributed by atoms with Gasteiger partial charge in [0.1, 0.15) is 5.82 Å². The summed E-state index contributed by atoms with van der Waals surface area (Å²) in [7, 11) is 0. The highest BCUT2D eigenvalue weighted by molar-refractivity contribution is 7.99. The van der Waals surface area contributed by atoms with Gasteiger partial charge < -0.3 is 14.5 Å². The zero-order valence-corrected chi connectivity index (χ0v) is 16.3. The fourth-order valence-corrected chi connectivity index (χ4v) is 4.04. The van der Waals surface area contributed by atoms with Crippen LogP contribution in [0, 0.1) is 5.82 Å². The Labute approximate surface area is 163 Å². The second-order valence-corrected chi connectivity index (χ2v) is 7.87. The molecule has 2 fully saturated rings. The fourth-order valence-electron chi connectivity index (χ4n) is 3.20. The van der Waals surface area contributed by atoms with Crippen LogP contribution in [0.4, 0.5) is 4.39 Å². The minimum Gasteiger partial charge on any atom is -0.379 e. The van der Waals surface area contributed by atoms with Gasteiger partial charge in [0.2, 0.25) is 11.8 Å². The molecular formula is C19H26FN3O3S. The third kappa shape index (κ3) is 6.19. The second kappa shape index (κ2) is 10.1. The number of benzene rings is 1. The SMILES string of the molecule is O=C(CCSc1ccc(F)cc1)N1CCN(C(=O)CN2CCOCC2)CC1. The molecule has 0 aliphatic carbocycles. The van der Waals surface area contributed by atoms with Gasteiger partial charge in [-0.25, -0.2) is 4.39 Å². The zero-order chi connectivity index (χ0) is 19.1. The summed E-state index contributed by atoms with van der Waals surface area (Å²) < 4.78 is 18.2. The number of ether oxygens (including phenoxy) is 1. The van der Waals surface area contributed by atoms with Crippen LogP contribution in [0.1, 0.15) is 6.42 Å². The summed E-state index contributed by atoms with van der Waals surface area (Å²) in [4.78, 5) is 31.5. The standard InChI is InChI=1S/C19H26FN3O3S/c20-16-1-3-17(4-2-16)27-14-5-18(24)22-6-8-23(9-7-22)19(25)15-21-10-12-26-13-11-21/h1-4H,5-15H2. The predicted molar refractivity (Wildman–Crippen MR) is 102 cm³/mol. The van der Waals surface area contributed by atoms with Crippen LogP contribution in [-0.4, -0.2) is 91.3 Å². The Kier molecular flexibility index (Phi) is 7.49. The number of amides is 2. The average molecular weight is 396 g/mol. The van der Waals surface area contributed by atoms with Crippen molar-refractivity contribution in [2.75, 3.05) is 64.8 Å². The van der Waals surface area contributed by atoms with Crippen LogP contribution in [0.2, 0.25) is 0 Å². The van der Waals surface area contributed by atoms with Gasteiger partial charge in [0.05, 0.1) is 19.8 Å². The Hall–Kier alpha value is -1.64. The molecule has 0 saturated carbocycles. The summed E-state index contributed by atoms with van der Waals surface area (Å²) >= 11 is 1.55. The van der Waals surface area contributed by atoms with Crippen molar-refractivity contribution in [3.05, 3.63) is 30.1 Å². The first-order chi connectivity index (χ1) is 13.1. The van der Waals surface area contributed by atoms with Gasteiger partial charge in [-0.05, 0) is 24.3 Å². The number of hydrogen-bond donors (Lipinski definition) is 0. The minimum atomic E-state index is -0.253. The molecule has 8 heteroatoms. The quantitative estimate of drug-likeness (QED) is 0.680. The van der Waals surface area contributed by atoms with Crippen molar-refractivity contribution in [1.82, 2.24) is 14.7 Å². The van der Waals surface area contributed by atoms with E-state index in [1.807, 2.05) is 9.80 Å². The smallest absolute Gasteiger partial charge is 0.236 e. The van der Waals surface area contributed by atoms with Crippen LogP contribution >= 0.6 is 11.8 Å². The van der Waals surface area contributed by atoms with Crippen LogP contribution in [0.3, 0.4) is 0 Å². The summed E-state index contributed by atoms with van der Waals surface area (Å²) in [5, 5.41) is 0. The molecule has 2 aliphatic rings. The summed E-state index contributed by atoms with van der Waals surface area (Å²) in [5.74, 6) is 0.665. The molecule has 2 amide bonds. The molecule has 2 saturated heterocycles. The van der Waals surface area contributed by atoms with Crippen LogP contribution in [0.15, 0.2) is 29.2 Å². The number of hydrogen-bond acceptors (Lipinski definition) is 5. The number of nitrogens with zero attached hydrogens (tertiary/aromatic N) is 3. The van der Waals surface area contributed by atoms with E-state index in [0.29, 0.717) is 58.1 Å². The molecule has 0 unspecified atom stereocenters. The van der Waals surface area contributed by atoms with Crippen LogP contribution in [0.25, 0.3) is 0 Å². The number of rotatable bonds is 6. The molecule has 0 bridgehead atoms. The molecular weight excluding hydrogens is 369 g/mol. The Bertz CT molecular complexity index is 630. The largest absolute Gasteiger partial charge is 0.379 e. The van der Waals surface area contributed by atoms with E-state index in [1.54, 1.807) is 23.9 Å². The van der Waals surface area contributed by atoms with E-state index in [0.717, 1.165) is 18.0 Å². The molecule has 0 spiro atoms.